The van der Waals surface area contributed by atoms with E-state index in [1.54, 1.807) is 59.3 Å². The van der Waals surface area contributed by atoms with Crippen LogP contribution in [0.5, 0.6) is 5.75 Å². The zero-order valence-electron chi connectivity index (χ0n) is 17.2. The predicted octanol–water partition coefficient (Wildman–Crippen LogP) is 4.16. The summed E-state index contributed by atoms with van der Waals surface area (Å²) in [5, 5.41) is 7.91. The maximum Gasteiger partial charge on any atom is 0.240 e. The summed E-state index contributed by atoms with van der Waals surface area (Å²) in [6.45, 7) is 0.362. The molecule has 32 heavy (non-hydrogen) atoms. The molecule has 164 valence electrons. The third kappa shape index (κ3) is 4.61. The van der Waals surface area contributed by atoms with Crippen LogP contribution in [0.15, 0.2) is 77.8 Å². The van der Waals surface area contributed by atoms with Crippen molar-refractivity contribution in [3.8, 4) is 5.75 Å². The second-order valence-corrected chi connectivity index (χ2v) is 9.46. The number of ether oxygens (including phenoxy) is 1. The number of hydrogen-bond acceptors (Lipinski definition) is 5. The number of anilines is 1. The van der Waals surface area contributed by atoms with Gasteiger partial charge in [-0.15, -0.1) is 0 Å². The van der Waals surface area contributed by atoms with E-state index in [0.29, 0.717) is 33.9 Å². The molecule has 0 saturated carbocycles. The van der Waals surface area contributed by atoms with Gasteiger partial charge >= 0.3 is 0 Å². The van der Waals surface area contributed by atoms with Gasteiger partial charge in [0, 0.05) is 10.4 Å². The Hall–Kier alpha value is -3.36. The average molecular weight is 470 g/mol. The Morgan fingerprint density at radius 2 is 1.72 bits per heavy atom. The molecule has 0 bridgehead atoms. The number of rotatable bonds is 7. The lowest BCUT2D eigenvalue weighted by Crippen LogP contribution is -2.23. The number of carbonyl (C=O) groups is 1. The molecule has 9 heteroatoms. The van der Waals surface area contributed by atoms with Crippen molar-refractivity contribution in [1.29, 1.82) is 0 Å². The fraction of sp³-hybridized carbons (Fsp3) is 0.130. The van der Waals surface area contributed by atoms with Crippen LogP contribution in [-0.2, 0) is 21.2 Å². The van der Waals surface area contributed by atoms with Crippen LogP contribution in [0.1, 0.15) is 5.56 Å². The molecule has 0 unspecified atom stereocenters. The molecule has 7 nitrogen and oxygen atoms in total. The SMILES string of the molecule is COc1ccccc1NC(=O)CS(=O)(=O)c1nn(Cc2ccc(Cl)cc2)c2ccccc12. The minimum Gasteiger partial charge on any atom is -0.495 e. The van der Waals surface area contributed by atoms with Crippen LogP contribution in [0.3, 0.4) is 0 Å². The molecule has 4 aromatic rings. The number of hydrogen-bond donors (Lipinski definition) is 1. The van der Waals surface area contributed by atoms with Gasteiger partial charge < -0.3 is 10.1 Å². The van der Waals surface area contributed by atoms with Crippen LogP contribution in [0.2, 0.25) is 5.02 Å². The Balaban J connectivity index is 1.63. The van der Waals surface area contributed by atoms with Crippen molar-refractivity contribution < 1.29 is 17.9 Å². The molecule has 4 rings (SSSR count). The van der Waals surface area contributed by atoms with Gasteiger partial charge in [0.15, 0.2) is 5.03 Å². The third-order valence-electron chi connectivity index (χ3n) is 4.87. The first-order valence-corrected chi connectivity index (χ1v) is 11.8. The lowest BCUT2D eigenvalue weighted by atomic mass is 10.2. The molecule has 1 amide bonds. The van der Waals surface area contributed by atoms with Gasteiger partial charge in [0.05, 0.1) is 24.9 Å². The van der Waals surface area contributed by atoms with Gasteiger partial charge in [-0.25, -0.2) is 8.42 Å². The van der Waals surface area contributed by atoms with Gasteiger partial charge in [0.2, 0.25) is 15.7 Å². The van der Waals surface area contributed by atoms with Crippen LogP contribution in [0.4, 0.5) is 5.69 Å². The number of benzene rings is 3. The summed E-state index contributed by atoms with van der Waals surface area (Å²) in [6.07, 6.45) is 0. The molecule has 0 fully saturated rings. The smallest absolute Gasteiger partial charge is 0.240 e. The predicted molar refractivity (Wildman–Crippen MR) is 124 cm³/mol. The van der Waals surface area contributed by atoms with Gasteiger partial charge in [-0.2, -0.15) is 5.10 Å². The van der Waals surface area contributed by atoms with E-state index in [1.807, 2.05) is 18.2 Å². The van der Waals surface area contributed by atoms with Crippen molar-refractivity contribution in [2.75, 3.05) is 18.2 Å². The standard InChI is InChI=1S/C23H20ClN3O4S/c1-31-21-9-5-3-7-19(21)25-22(28)15-32(29,30)23-18-6-2-4-8-20(18)27(26-23)14-16-10-12-17(24)13-11-16/h2-13H,14-15H2,1H3,(H,25,28). The third-order valence-corrected chi connectivity index (χ3v) is 6.65. The average Bonchev–Trinajstić information content (AvgIpc) is 3.15. The highest BCUT2D eigenvalue weighted by Gasteiger charge is 2.26. The van der Waals surface area contributed by atoms with E-state index >= 15 is 0 Å². The number of fused-ring (bicyclic) bond motifs is 1. The van der Waals surface area contributed by atoms with Crippen molar-refractivity contribution in [3.05, 3.63) is 83.4 Å². The van der Waals surface area contributed by atoms with E-state index in [4.69, 9.17) is 16.3 Å². The second-order valence-electron chi connectivity index (χ2n) is 7.11. The summed E-state index contributed by atoms with van der Waals surface area (Å²) < 4.78 is 33.1. The molecule has 0 aliphatic heterocycles. The summed E-state index contributed by atoms with van der Waals surface area (Å²) >= 11 is 5.95. The molecule has 0 aliphatic carbocycles. The number of methoxy groups -OCH3 is 1. The summed E-state index contributed by atoms with van der Waals surface area (Å²) in [5.41, 5.74) is 1.97. The molecule has 3 aromatic carbocycles. The highest BCUT2D eigenvalue weighted by molar-refractivity contribution is 7.92. The largest absolute Gasteiger partial charge is 0.495 e. The van der Waals surface area contributed by atoms with E-state index < -0.39 is 21.5 Å². The van der Waals surface area contributed by atoms with Gasteiger partial charge in [0.1, 0.15) is 11.5 Å². The second kappa shape index (κ2) is 9.02. The van der Waals surface area contributed by atoms with Crippen molar-refractivity contribution in [3.63, 3.8) is 0 Å². The quantitative estimate of drug-likeness (QED) is 0.439. The summed E-state index contributed by atoms with van der Waals surface area (Å²) in [5.74, 6) is -0.978. The number of amides is 1. The Morgan fingerprint density at radius 3 is 2.47 bits per heavy atom. The van der Waals surface area contributed by atoms with E-state index in [-0.39, 0.29) is 5.03 Å². The maximum absolute atomic E-state index is 13.1. The topological polar surface area (TPSA) is 90.3 Å². The summed E-state index contributed by atoms with van der Waals surface area (Å²) in [7, 11) is -2.54. The van der Waals surface area contributed by atoms with Gasteiger partial charge in [0.25, 0.3) is 0 Å². The Kier molecular flexibility index (Phi) is 6.16. The van der Waals surface area contributed by atoms with Gasteiger partial charge in [-0.1, -0.05) is 48.0 Å². The Labute approximate surface area is 190 Å². The zero-order chi connectivity index (χ0) is 22.7. The van der Waals surface area contributed by atoms with E-state index in [0.717, 1.165) is 5.56 Å². The fourth-order valence-electron chi connectivity index (χ4n) is 3.39. The van der Waals surface area contributed by atoms with Crippen LogP contribution >= 0.6 is 11.6 Å². The van der Waals surface area contributed by atoms with Gasteiger partial charge in [-0.3, -0.25) is 9.48 Å². The van der Waals surface area contributed by atoms with E-state index in [9.17, 15) is 13.2 Å². The molecular weight excluding hydrogens is 450 g/mol. The number of carbonyl (C=O) groups excluding carboxylic acids is 1. The lowest BCUT2D eigenvalue weighted by Gasteiger charge is -2.09. The van der Waals surface area contributed by atoms with Crippen molar-refractivity contribution in [2.24, 2.45) is 0 Å². The molecular formula is C23H20ClN3O4S. The van der Waals surface area contributed by atoms with Crippen molar-refractivity contribution in [2.45, 2.75) is 11.6 Å². The molecule has 1 heterocycles. The molecule has 1 aromatic heterocycles. The van der Waals surface area contributed by atoms with Crippen LogP contribution in [0, 0.1) is 0 Å². The molecule has 0 radical (unpaired) electrons. The van der Waals surface area contributed by atoms with Crippen LogP contribution in [-0.4, -0.2) is 37.0 Å². The number of sulfone groups is 1. The molecule has 0 aliphatic rings. The van der Waals surface area contributed by atoms with Gasteiger partial charge in [-0.05, 0) is 42.0 Å². The maximum atomic E-state index is 13.1. The Bertz CT molecular complexity index is 1380. The number of para-hydroxylation sites is 3. The van der Waals surface area contributed by atoms with Crippen LogP contribution < -0.4 is 10.1 Å². The van der Waals surface area contributed by atoms with Crippen LogP contribution in [0.25, 0.3) is 10.9 Å². The molecule has 0 saturated heterocycles. The number of aromatic nitrogens is 2. The molecule has 0 spiro atoms. The van der Waals surface area contributed by atoms with E-state index in [1.165, 1.54) is 7.11 Å². The molecule has 1 N–H and O–H groups in total. The molecule has 0 atom stereocenters. The summed E-state index contributed by atoms with van der Waals surface area (Å²) in [4.78, 5) is 12.5. The zero-order valence-corrected chi connectivity index (χ0v) is 18.7. The summed E-state index contributed by atoms with van der Waals surface area (Å²) in [6, 6.07) is 21.1. The first-order valence-electron chi connectivity index (χ1n) is 9.73. The minimum atomic E-state index is -4.01. The van der Waals surface area contributed by atoms with Crippen molar-refractivity contribution in [1.82, 2.24) is 9.78 Å². The number of halogens is 1. The monoisotopic (exact) mass is 469 g/mol. The Morgan fingerprint density at radius 1 is 1.03 bits per heavy atom. The first-order chi connectivity index (χ1) is 15.4. The van der Waals surface area contributed by atoms with E-state index in [2.05, 4.69) is 10.4 Å². The highest BCUT2D eigenvalue weighted by atomic mass is 35.5. The fourth-order valence-corrected chi connectivity index (χ4v) is 4.80. The number of nitrogens with zero attached hydrogens (tertiary/aromatic N) is 2. The normalized spacial score (nSPS) is 11.4. The lowest BCUT2D eigenvalue weighted by molar-refractivity contribution is -0.113. The number of nitrogens with one attached hydrogen (secondary N) is 1. The highest BCUT2D eigenvalue weighted by Crippen LogP contribution is 2.26. The first kappa shape index (κ1) is 21.9. The van der Waals surface area contributed by atoms with Crippen molar-refractivity contribution >= 4 is 43.9 Å². The minimum absolute atomic E-state index is 0.128.